The van der Waals surface area contributed by atoms with Crippen LogP contribution in [0.25, 0.3) is 0 Å². The highest BCUT2D eigenvalue weighted by Crippen LogP contribution is 2.36. The normalized spacial score (nSPS) is 17.1. The molecule has 1 aromatic carbocycles. The van der Waals surface area contributed by atoms with Crippen molar-refractivity contribution in [1.29, 1.82) is 0 Å². The van der Waals surface area contributed by atoms with Crippen LogP contribution in [0, 0.1) is 0 Å². The van der Waals surface area contributed by atoms with Crippen LogP contribution < -0.4 is 14.8 Å². The van der Waals surface area contributed by atoms with Crippen molar-refractivity contribution in [1.82, 2.24) is 5.32 Å². The molecule has 1 aliphatic heterocycles. The van der Waals surface area contributed by atoms with Crippen molar-refractivity contribution >= 4 is 0 Å². The van der Waals surface area contributed by atoms with Gasteiger partial charge >= 0.3 is 0 Å². The molecule has 0 radical (unpaired) electrons. The van der Waals surface area contributed by atoms with E-state index >= 15 is 0 Å². The quantitative estimate of drug-likeness (QED) is 0.782. The Balaban J connectivity index is 2.24. The Morgan fingerprint density at radius 3 is 2.83 bits per heavy atom. The lowest BCUT2D eigenvalue weighted by atomic mass is 10.1. The fourth-order valence-corrected chi connectivity index (χ4v) is 1.83. The van der Waals surface area contributed by atoms with Crippen molar-refractivity contribution in [2.24, 2.45) is 0 Å². The van der Waals surface area contributed by atoms with E-state index in [-0.39, 0.29) is 6.10 Å². The molecule has 0 saturated carbocycles. The molecule has 1 heterocycles. The number of likely N-dealkylation sites (N-methyl/N-ethyl adjacent to an activating group) is 1. The number of aliphatic hydroxyl groups is 1. The Hall–Kier alpha value is -1.30. The van der Waals surface area contributed by atoms with Gasteiger partial charge in [0.25, 0.3) is 0 Å². The SMILES string of the molecule is CNCC(O)c1cccc(OC)c1OC1COC1. The molecule has 18 heavy (non-hydrogen) atoms. The topological polar surface area (TPSA) is 60.0 Å². The summed E-state index contributed by atoms with van der Waals surface area (Å²) >= 11 is 0. The third-order valence-electron chi connectivity index (χ3n) is 2.88. The first kappa shape index (κ1) is 13.1. The Morgan fingerprint density at radius 1 is 1.50 bits per heavy atom. The molecule has 1 aliphatic rings. The second-order valence-corrected chi connectivity index (χ2v) is 4.23. The third kappa shape index (κ3) is 2.75. The van der Waals surface area contributed by atoms with Crippen molar-refractivity contribution in [2.75, 3.05) is 33.9 Å². The molecule has 0 spiro atoms. The van der Waals surface area contributed by atoms with Gasteiger partial charge in [0.05, 0.1) is 26.4 Å². The number of nitrogens with one attached hydrogen (secondary N) is 1. The Bertz CT molecular complexity index is 393. The van der Waals surface area contributed by atoms with Crippen LogP contribution in [0.2, 0.25) is 0 Å². The van der Waals surface area contributed by atoms with Crippen LogP contribution in [0.4, 0.5) is 0 Å². The molecule has 5 nitrogen and oxygen atoms in total. The molecule has 1 fully saturated rings. The van der Waals surface area contributed by atoms with E-state index in [4.69, 9.17) is 14.2 Å². The molecule has 0 aromatic heterocycles. The molecular formula is C13H19NO4. The highest BCUT2D eigenvalue weighted by Gasteiger charge is 2.25. The molecule has 0 amide bonds. The Kier molecular flexibility index (Phi) is 4.41. The molecule has 0 bridgehead atoms. The zero-order valence-corrected chi connectivity index (χ0v) is 10.7. The fourth-order valence-electron chi connectivity index (χ4n) is 1.83. The molecule has 1 saturated heterocycles. The zero-order valence-electron chi connectivity index (χ0n) is 10.7. The lowest BCUT2D eigenvalue weighted by molar-refractivity contribution is -0.0812. The molecule has 1 atom stereocenters. The van der Waals surface area contributed by atoms with Crippen LogP contribution >= 0.6 is 0 Å². The fraction of sp³-hybridized carbons (Fsp3) is 0.538. The maximum atomic E-state index is 10.1. The number of methoxy groups -OCH3 is 1. The maximum Gasteiger partial charge on any atom is 0.167 e. The monoisotopic (exact) mass is 253 g/mol. The van der Waals surface area contributed by atoms with Crippen molar-refractivity contribution < 1.29 is 19.3 Å². The second-order valence-electron chi connectivity index (χ2n) is 4.23. The van der Waals surface area contributed by atoms with Gasteiger partial charge < -0.3 is 24.6 Å². The van der Waals surface area contributed by atoms with Gasteiger partial charge in [0.1, 0.15) is 6.10 Å². The van der Waals surface area contributed by atoms with Gasteiger partial charge in [0, 0.05) is 12.1 Å². The molecule has 100 valence electrons. The average molecular weight is 253 g/mol. The Morgan fingerprint density at radius 2 is 2.28 bits per heavy atom. The maximum absolute atomic E-state index is 10.1. The smallest absolute Gasteiger partial charge is 0.167 e. The molecule has 2 rings (SSSR count). The van der Waals surface area contributed by atoms with E-state index in [1.165, 1.54) is 0 Å². The van der Waals surface area contributed by atoms with Crippen LogP contribution in [0.3, 0.4) is 0 Å². The number of hydrogen-bond donors (Lipinski definition) is 2. The van der Waals surface area contributed by atoms with E-state index in [0.717, 1.165) is 5.56 Å². The highest BCUT2D eigenvalue weighted by molar-refractivity contribution is 5.48. The van der Waals surface area contributed by atoms with Crippen molar-refractivity contribution in [2.45, 2.75) is 12.2 Å². The lowest BCUT2D eigenvalue weighted by Crippen LogP contribution is -2.39. The van der Waals surface area contributed by atoms with Crippen LogP contribution in [0.15, 0.2) is 18.2 Å². The predicted octanol–water partition coefficient (Wildman–Crippen LogP) is 0.726. The van der Waals surface area contributed by atoms with Gasteiger partial charge in [-0.05, 0) is 13.1 Å². The standard InChI is InChI=1S/C13H19NO4/c1-14-6-11(15)10-4-3-5-12(16-2)13(10)18-9-7-17-8-9/h3-5,9,11,14-15H,6-8H2,1-2H3. The van der Waals surface area contributed by atoms with E-state index in [2.05, 4.69) is 5.32 Å². The summed E-state index contributed by atoms with van der Waals surface area (Å²) in [4.78, 5) is 0. The Labute approximate surface area is 107 Å². The summed E-state index contributed by atoms with van der Waals surface area (Å²) in [5.41, 5.74) is 0.732. The van der Waals surface area contributed by atoms with Gasteiger partial charge in [-0.1, -0.05) is 12.1 Å². The summed E-state index contributed by atoms with van der Waals surface area (Å²) in [7, 11) is 3.39. The van der Waals surface area contributed by atoms with Crippen molar-refractivity contribution in [3.63, 3.8) is 0 Å². The average Bonchev–Trinajstić information content (AvgIpc) is 2.33. The number of hydrogen-bond acceptors (Lipinski definition) is 5. The number of ether oxygens (including phenoxy) is 3. The highest BCUT2D eigenvalue weighted by atomic mass is 16.6. The lowest BCUT2D eigenvalue weighted by Gasteiger charge is -2.29. The van der Waals surface area contributed by atoms with Crippen LogP contribution in [-0.4, -0.2) is 45.1 Å². The van der Waals surface area contributed by atoms with E-state index in [9.17, 15) is 5.11 Å². The molecular weight excluding hydrogens is 234 g/mol. The number of benzene rings is 1. The predicted molar refractivity (Wildman–Crippen MR) is 67.1 cm³/mol. The summed E-state index contributed by atoms with van der Waals surface area (Å²) in [6.45, 7) is 1.63. The second kappa shape index (κ2) is 6.04. The van der Waals surface area contributed by atoms with Gasteiger partial charge in [-0.15, -0.1) is 0 Å². The van der Waals surface area contributed by atoms with E-state index in [1.54, 1.807) is 14.2 Å². The summed E-state index contributed by atoms with van der Waals surface area (Å²) in [5.74, 6) is 1.24. The first-order valence-electron chi connectivity index (χ1n) is 6.00. The first-order chi connectivity index (χ1) is 8.76. The van der Waals surface area contributed by atoms with Gasteiger partial charge in [-0.2, -0.15) is 0 Å². The molecule has 2 N–H and O–H groups in total. The van der Waals surface area contributed by atoms with Gasteiger partial charge in [0.15, 0.2) is 11.5 Å². The van der Waals surface area contributed by atoms with Crippen molar-refractivity contribution in [3.8, 4) is 11.5 Å². The molecule has 1 unspecified atom stereocenters. The van der Waals surface area contributed by atoms with Gasteiger partial charge in [-0.25, -0.2) is 0 Å². The minimum absolute atomic E-state index is 0.0434. The van der Waals surface area contributed by atoms with Gasteiger partial charge in [0.2, 0.25) is 0 Å². The van der Waals surface area contributed by atoms with E-state index in [1.807, 2.05) is 18.2 Å². The molecule has 1 aromatic rings. The van der Waals surface area contributed by atoms with E-state index < -0.39 is 6.10 Å². The zero-order chi connectivity index (χ0) is 13.0. The number of aliphatic hydroxyl groups excluding tert-OH is 1. The van der Waals surface area contributed by atoms with Gasteiger partial charge in [-0.3, -0.25) is 0 Å². The van der Waals surface area contributed by atoms with E-state index in [0.29, 0.717) is 31.3 Å². The summed E-state index contributed by atoms with van der Waals surface area (Å²) in [6.07, 6.45) is -0.581. The first-order valence-corrected chi connectivity index (χ1v) is 6.00. The number of rotatable bonds is 6. The van der Waals surface area contributed by atoms with Crippen LogP contribution in [0.5, 0.6) is 11.5 Å². The minimum atomic E-state index is -0.624. The third-order valence-corrected chi connectivity index (χ3v) is 2.88. The van der Waals surface area contributed by atoms with Crippen LogP contribution in [-0.2, 0) is 4.74 Å². The molecule has 0 aliphatic carbocycles. The number of para-hydroxylation sites is 1. The minimum Gasteiger partial charge on any atom is -0.493 e. The summed E-state index contributed by atoms with van der Waals surface area (Å²) < 4.78 is 16.2. The molecule has 5 heteroatoms. The summed E-state index contributed by atoms with van der Waals surface area (Å²) in [6, 6.07) is 5.51. The largest absolute Gasteiger partial charge is 0.493 e. The van der Waals surface area contributed by atoms with Crippen LogP contribution in [0.1, 0.15) is 11.7 Å². The summed E-state index contributed by atoms with van der Waals surface area (Å²) in [5, 5.41) is 13.0. The van der Waals surface area contributed by atoms with Crippen molar-refractivity contribution in [3.05, 3.63) is 23.8 Å².